The maximum absolute atomic E-state index is 11.7. The first-order valence-corrected chi connectivity index (χ1v) is 3.79. The fraction of sp³-hybridized carbons (Fsp3) is 0.286. The quantitative estimate of drug-likeness (QED) is 0.826. The zero-order valence-corrected chi connectivity index (χ0v) is 7.26. The number of ether oxygens (including phenoxy) is 1. The lowest BCUT2D eigenvalue weighted by Gasteiger charge is -2.05. The monoisotopic (exact) mass is 208 g/mol. The molecule has 0 aliphatic carbocycles. The van der Waals surface area contributed by atoms with E-state index in [0.29, 0.717) is 5.69 Å². The molecule has 0 radical (unpaired) electrons. The summed E-state index contributed by atoms with van der Waals surface area (Å²) in [6.07, 6.45) is -1.26. The number of pyridine rings is 1. The maximum Gasteiger partial charge on any atom is 0.272 e. The number of anilines is 1. The van der Waals surface area contributed by atoms with E-state index in [1.807, 2.05) is 0 Å². The summed E-state index contributed by atoms with van der Waals surface area (Å²) in [6.45, 7) is -0.726. The largest absolute Gasteiger partial charge is 0.471 e. The number of nitrogens with zero attached hydrogens (tertiary/aromatic N) is 1. The minimum Gasteiger partial charge on any atom is -0.471 e. The van der Waals surface area contributed by atoms with Gasteiger partial charge in [-0.25, -0.2) is 13.8 Å². The molecule has 0 atom stereocenters. The molecule has 72 valence electrons. The zero-order valence-electron chi connectivity index (χ0n) is 6.51. The van der Waals surface area contributed by atoms with Crippen molar-refractivity contribution in [2.24, 2.45) is 0 Å². The number of hydrogen-bond donors (Lipinski definition) is 1. The Kier molecular flexibility index (Phi) is 3.25. The van der Waals surface area contributed by atoms with E-state index in [4.69, 9.17) is 17.3 Å². The van der Waals surface area contributed by atoms with Crippen molar-refractivity contribution in [3.8, 4) is 5.88 Å². The van der Waals surface area contributed by atoms with Crippen LogP contribution in [0.15, 0.2) is 12.3 Å². The summed E-state index contributed by atoms with van der Waals surface area (Å²) >= 11 is 5.60. The van der Waals surface area contributed by atoms with Gasteiger partial charge >= 0.3 is 0 Å². The molecule has 2 N–H and O–H groups in total. The molecule has 3 nitrogen and oxygen atoms in total. The molecule has 0 saturated heterocycles. The van der Waals surface area contributed by atoms with Crippen molar-refractivity contribution in [1.29, 1.82) is 0 Å². The molecule has 0 unspecified atom stereocenters. The lowest BCUT2D eigenvalue weighted by atomic mass is 10.4. The second-order valence-electron chi connectivity index (χ2n) is 2.26. The van der Waals surface area contributed by atoms with E-state index in [-0.39, 0.29) is 10.9 Å². The number of aromatic nitrogens is 1. The molecule has 1 heterocycles. The van der Waals surface area contributed by atoms with Gasteiger partial charge in [0.2, 0.25) is 5.88 Å². The predicted molar refractivity (Wildman–Crippen MR) is 45.2 cm³/mol. The van der Waals surface area contributed by atoms with Crippen molar-refractivity contribution in [3.05, 3.63) is 17.3 Å². The van der Waals surface area contributed by atoms with Gasteiger partial charge < -0.3 is 10.5 Å². The second-order valence-corrected chi connectivity index (χ2v) is 2.66. The number of halogens is 3. The van der Waals surface area contributed by atoms with Crippen molar-refractivity contribution in [2.45, 2.75) is 6.43 Å². The van der Waals surface area contributed by atoms with Crippen LogP contribution < -0.4 is 10.5 Å². The van der Waals surface area contributed by atoms with E-state index in [1.54, 1.807) is 0 Å². The third kappa shape index (κ3) is 3.02. The van der Waals surface area contributed by atoms with Crippen molar-refractivity contribution in [2.75, 3.05) is 12.3 Å². The minimum atomic E-state index is -2.55. The van der Waals surface area contributed by atoms with Crippen LogP contribution in [-0.2, 0) is 0 Å². The van der Waals surface area contributed by atoms with Crippen molar-refractivity contribution in [1.82, 2.24) is 4.98 Å². The SMILES string of the molecule is Nc1cnc(OCC(F)F)c(Cl)c1. The Morgan fingerprint density at radius 1 is 1.62 bits per heavy atom. The van der Waals surface area contributed by atoms with Crippen LogP contribution >= 0.6 is 11.6 Å². The molecule has 0 aliphatic heterocycles. The summed E-state index contributed by atoms with van der Waals surface area (Å²) in [5.41, 5.74) is 5.69. The van der Waals surface area contributed by atoms with Gasteiger partial charge in [-0.05, 0) is 6.07 Å². The summed E-state index contributed by atoms with van der Waals surface area (Å²) in [5.74, 6) is -0.0313. The number of nitrogen functional groups attached to an aromatic ring is 1. The highest BCUT2D eigenvalue weighted by Crippen LogP contribution is 2.23. The lowest BCUT2D eigenvalue weighted by molar-refractivity contribution is 0.0797. The van der Waals surface area contributed by atoms with E-state index < -0.39 is 13.0 Å². The summed E-state index contributed by atoms with van der Waals surface area (Å²) in [7, 11) is 0. The Morgan fingerprint density at radius 3 is 2.85 bits per heavy atom. The summed E-state index contributed by atoms with van der Waals surface area (Å²) in [6, 6.07) is 1.38. The third-order valence-electron chi connectivity index (χ3n) is 1.17. The molecular weight excluding hydrogens is 202 g/mol. The Bertz CT molecular complexity index is 296. The van der Waals surface area contributed by atoms with Crippen LogP contribution in [0.5, 0.6) is 5.88 Å². The fourth-order valence-corrected chi connectivity index (χ4v) is 0.918. The molecule has 0 aliphatic rings. The summed E-state index contributed by atoms with van der Waals surface area (Å²) < 4.78 is 28.0. The highest BCUT2D eigenvalue weighted by atomic mass is 35.5. The molecule has 1 aromatic heterocycles. The highest BCUT2D eigenvalue weighted by Gasteiger charge is 2.07. The van der Waals surface area contributed by atoms with Crippen LogP contribution in [0.25, 0.3) is 0 Å². The van der Waals surface area contributed by atoms with Gasteiger partial charge in [0.15, 0.2) is 6.61 Å². The number of nitrogens with two attached hydrogens (primary N) is 1. The van der Waals surface area contributed by atoms with Crippen LogP contribution in [-0.4, -0.2) is 18.0 Å². The summed E-state index contributed by atoms with van der Waals surface area (Å²) in [4.78, 5) is 3.64. The molecule has 1 aromatic rings. The van der Waals surface area contributed by atoms with Crippen molar-refractivity contribution >= 4 is 17.3 Å². The number of rotatable bonds is 3. The van der Waals surface area contributed by atoms with Gasteiger partial charge in [0.1, 0.15) is 5.02 Å². The van der Waals surface area contributed by atoms with E-state index in [1.165, 1.54) is 12.3 Å². The lowest BCUT2D eigenvalue weighted by Crippen LogP contribution is -2.08. The topological polar surface area (TPSA) is 48.1 Å². The van der Waals surface area contributed by atoms with Gasteiger partial charge in [-0.3, -0.25) is 0 Å². The van der Waals surface area contributed by atoms with E-state index in [2.05, 4.69) is 9.72 Å². The Morgan fingerprint density at radius 2 is 2.31 bits per heavy atom. The van der Waals surface area contributed by atoms with Gasteiger partial charge in [-0.1, -0.05) is 11.6 Å². The molecule has 0 bridgehead atoms. The first kappa shape index (κ1) is 9.98. The predicted octanol–water partition coefficient (Wildman–Crippen LogP) is 1.96. The van der Waals surface area contributed by atoms with Gasteiger partial charge in [0, 0.05) is 0 Å². The van der Waals surface area contributed by atoms with Crippen LogP contribution in [0.4, 0.5) is 14.5 Å². The van der Waals surface area contributed by atoms with Crippen LogP contribution in [0, 0.1) is 0 Å². The minimum absolute atomic E-state index is 0.0313. The number of hydrogen-bond acceptors (Lipinski definition) is 3. The standard InChI is InChI=1S/C7H7ClF2N2O/c8-5-1-4(11)2-12-7(5)13-3-6(9)10/h1-2,6H,3,11H2. The average molecular weight is 209 g/mol. The van der Waals surface area contributed by atoms with Gasteiger partial charge in [0.05, 0.1) is 11.9 Å². The van der Waals surface area contributed by atoms with Crippen molar-refractivity contribution in [3.63, 3.8) is 0 Å². The maximum atomic E-state index is 11.7. The Labute approximate surface area is 78.5 Å². The van der Waals surface area contributed by atoms with Gasteiger partial charge in [-0.15, -0.1) is 0 Å². The molecule has 0 saturated carbocycles. The summed E-state index contributed by atoms with van der Waals surface area (Å²) in [5, 5.41) is 0.126. The smallest absolute Gasteiger partial charge is 0.272 e. The zero-order chi connectivity index (χ0) is 9.84. The van der Waals surface area contributed by atoms with Crippen LogP contribution in [0.1, 0.15) is 0 Å². The first-order chi connectivity index (χ1) is 6.09. The fourth-order valence-electron chi connectivity index (χ4n) is 0.688. The molecular formula is C7H7ClF2N2O. The number of alkyl halides is 2. The van der Waals surface area contributed by atoms with E-state index >= 15 is 0 Å². The molecule has 13 heavy (non-hydrogen) atoms. The van der Waals surface area contributed by atoms with Crippen LogP contribution in [0.2, 0.25) is 5.02 Å². The van der Waals surface area contributed by atoms with Crippen molar-refractivity contribution < 1.29 is 13.5 Å². The first-order valence-electron chi connectivity index (χ1n) is 3.41. The molecule has 0 fully saturated rings. The normalized spacial score (nSPS) is 10.5. The molecule has 0 amide bonds. The molecule has 0 spiro atoms. The van der Waals surface area contributed by atoms with E-state index in [0.717, 1.165) is 0 Å². The second kappa shape index (κ2) is 4.23. The Hall–Kier alpha value is -1.10. The van der Waals surface area contributed by atoms with Crippen LogP contribution in [0.3, 0.4) is 0 Å². The third-order valence-corrected chi connectivity index (χ3v) is 1.45. The average Bonchev–Trinajstić information content (AvgIpc) is 2.02. The molecule has 6 heteroatoms. The Balaban J connectivity index is 2.67. The van der Waals surface area contributed by atoms with E-state index in [9.17, 15) is 8.78 Å². The molecule has 0 aromatic carbocycles. The molecule has 1 rings (SSSR count). The highest BCUT2D eigenvalue weighted by molar-refractivity contribution is 6.32. The van der Waals surface area contributed by atoms with Gasteiger partial charge in [-0.2, -0.15) is 0 Å². The van der Waals surface area contributed by atoms with Gasteiger partial charge in [0.25, 0.3) is 6.43 Å².